The third-order valence-corrected chi connectivity index (χ3v) is 2.91. The van der Waals surface area contributed by atoms with Gasteiger partial charge in [0.15, 0.2) is 6.61 Å². The summed E-state index contributed by atoms with van der Waals surface area (Å²) in [4.78, 5) is 44.4. The molecule has 0 unspecified atom stereocenters. The molecular weight excluding hydrogens is 380 g/mol. The Labute approximate surface area is 161 Å². The Morgan fingerprint density at radius 1 is 0.821 bits per heavy atom. The molecule has 0 atom stereocenters. The molecule has 158 valence electrons. The van der Waals surface area contributed by atoms with Gasteiger partial charge in [-0.15, -0.1) is 0 Å². The van der Waals surface area contributed by atoms with E-state index in [9.17, 15) is 19.2 Å². The fourth-order valence-electron chi connectivity index (χ4n) is 1.01. The lowest BCUT2D eigenvalue weighted by atomic mass is 9.95. The summed E-state index contributed by atoms with van der Waals surface area (Å²) in [7, 11) is 0. The summed E-state index contributed by atoms with van der Waals surface area (Å²) in [6, 6.07) is 0. The van der Waals surface area contributed by atoms with Crippen LogP contribution in [0, 0.1) is 5.41 Å². The van der Waals surface area contributed by atoms with Crippen molar-refractivity contribution in [2.75, 3.05) is 26.4 Å². The van der Waals surface area contributed by atoms with Crippen LogP contribution >= 0.6 is 0 Å². The highest BCUT2D eigenvalue weighted by Crippen LogP contribution is 2.17. The van der Waals surface area contributed by atoms with E-state index in [0.29, 0.717) is 12.2 Å². The molecular formula is C17H24O11. The number of esters is 3. The van der Waals surface area contributed by atoms with Crippen molar-refractivity contribution in [1.29, 1.82) is 0 Å². The number of aliphatic carboxylic acids is 1. The zero-order valence-corrected chi connectivity index (χ0v) is 15.3. The summed E-state index contributed by atoms with van der Waals surface area (Å²) in [5.41, 5.74) is -0.708. The minimum Gasteiger partial charge on any atom is -0.475 e. The number of carbonyl (C=O) groups excluding carboxylic acids is 3. The van der Waals surface area contributed by atoms with Crippen LogP contribution in [0.3, 0.4) is 0 Å². The van der Waals surface area contributed by atoms with Crippen LogP contribution in [0.1, 0.15) is 6.92 Å². The van der Waals surface area contributed by atoms with Crippen molar-refractivity contribution in [2.45, 2.75) is 12.7 Å². The van der Waals surface area contributed by atoms with E-state index in [2.05, 4.69) is 33.9 Å². The van der Waals surface area contributed by atoms with Gasteiger partial charge in [-0.1, -0.05) is 26.7 Å². The topological polar surface area (TPSA) is 177 Å². The Hall–Kier alpha value is -3.02. The van der Waals surface area contributed by atoms with E-state index in [1.165, 1.54) is 0 Å². The molecule has 0 aromatic carbocycles. The lowest BCUT2D eigenvalue weighted by Crippen LogP contribution is -2.51. The van der Waals surface area contributed by atoms with Gasteiger partial charge in [0.2, 0.25) is 0 Å². The predicted octanol–water partition coefficient (Wildman–Crippen LogP) is -1.08. The first kappa shape index (κ1) is 27.2. The first-order chi connectivity index (χ1) is 13.0. The van der Waals surface area contributed by atoms with Crippen LogP contribution in [0.4, 0.5) is 0 Å². The summed E-state index contributed by atoms with van der Waals surface area (Å²) in [5, 5.41) is 34.5. The second-order valence-corrected chi connectivity index (χ2v) is 5.41. The Morgan fingerprint density at radius 3 is 1.39 bits per heavy atom. The standard InChI is InChI=1S/C12H12O8.C5H12O3/c1-4-8(13)18-7-12(11(16)17,19-9(14)5-2)20-10(15)6-3;1-5(2-6,3-7)4-8/h4-6H,1-3,7H2,(H,16,17);6-8H,2-4H2,1H3. The van der Waals surface area contributed by atoms with E-state index in [0.717, 1.165) is 6.08 Å². The Bertz CT molecular complexity index is 560. The zero-order chi connectivity index (χ0) is 22.4. The highest BCUT2D eigenvalue weighted by Gasteiger charge is 2.48. The van der Waals surface area contributed by atoms with Gasteiger partial charge in [-0.05, 0) is 0 Å². The maximum atomic E-state index is 11.2. The minimum atomic E-state index is -2.84. The molecule has 0 aliphatic heterocycles. The second kappa shape index (κ2) is 13.2. The molecule has 0 rings (SSSR count). The van der Waals surface area contributed by atoms with E-state index in [1.807, 2.05) is 0 Å². The average Bonchev–Trinajstić information content (AvgIpc) is 2.70. The van der Waals surface area contributed by atoms with Crippen LogP contribution in [-0.4, -0.2) is 76.5 Å². The van der Waals surface area contributed by atoms with E-state index < -0.39 is 41.7 Å². The van der Waals surface area contributed by atoms with Crippen molar-refractivity contribution >= 4 is 23.9 Å². The largest absolute Gasteiger partial charge is 0.475 e. The molecule has 0 radical (unpaired) electrons. The predicted molar refractivity (Wildman–Crippen MR) is 93.5 cm³/mol. The molecule has 0 aliphatic carbocycles. The molecule has 0 saturated heterocycles. The molecule has 0 aliphatic rings. The number of aliphatic hydroxyl groups excluding tert-OH is 3. The van der Waals surface area contributed by atoms with Gasteiger partial charge in [0.25, 0.3) is 0 Å². The first-order valence-corrected chi connectivity index (χ1v) is 7.55. The van der Waals surface area contributed by atoms with E-state index in [1.54, 1.807) is 6.92 Å². The number of carboxylic acid groups (broad SMARTS) is 1. The van der Waals surface area contributed by atoms with Crippen molar-refractivity contribution in [1.82, 2.24) is 0 Å². The average molecular weight is 404 g/mol. The van der Waals surface area contributed by atoms with Gasteiger partial charge in [0.05, 0.1) is 19.8 Å². The molecule has 4 N–H and O–H groups in total. The molecule has 0 aromatic heterocycles. The molecule has 0 amide bonds. The smallest absolute Gasteiger partial charge is 0.394 e. The number of rotatable bonds is 11. The van der Waals surface area contributed by atoms with Crippen LogP contribution in [0.2, 0.25) is 0 Å². The van der Waals surface area contributed by atoms with Crippen LogP contribution < -0.4 is 0 Å². The minimum absolute atomic E-state index is 0.181. The summed E-state index contributed by atoms with van der Waals surface area (Å²) in [6.45, 7) is 9.22. The molecule has 0 aromatic rings. The highest BCUT2D eigenvalue weighted by atomic mass is 16.8. The normalized spacial score (nSPS) is 10.4. The molecule has 0 heterocycles. The van der Waals surface area contributed by atoms with Crippen LogP contribution in [-0.2, 0) is 33.4 Å². The van der Waals surface area contributed by atoms with Crippen LogP contribution in [0.5, 0.6) is 0 Å². The summed E-state index contributed by atoms with van der Waals surface area (Å²) in [6.07, 6.45) is 2.04. The van der Waals surface area contributed by atoms with Crippen molar-refractivity contribution in [3.63, 3.8) is 0 Å². The van der Waals surface area contributed by atoms with E-state index in [-0.39, 0.29) is 19.8 Å². The molecule has 0 bridgehead atoms. The summed E-state index contributed by atoms with van der Waals surface area (Å²) >= 11 is 0. The van der Waals surface area contributed by atoms with Gasteiger partial charge in [-0.3, -0.25) is 0 Å². The first-order valence-electron chi connectivity index (χ1n) is 7.55. The fourth-order valence-corrected chi connectivity index (χ4v) is 1.01. The van der Waals surface area contributed by atoms with Crippen molar-refractivity contribution in [3.8, 4) is 0 Å². The quantitative estimate of drug-likeness (QED) is 0.187. The Kier molecular flexibility index (Phi) is 12.8. The molecule has 0 spiro atoms. The molecule has 0 fully saturated rings. The number of carbonyl (C=O) groups is 4. The molecule has 11 nitrogen and oxygen atoms in total. The number of ether oxygens (including phenoxy) is 3. The van der Waals surface area contributed by atoms with Crippen LogP contribution in [0.25, 0.3) is 0 Å². The van der Waals surface area contributed by atoms with Gasteiger partial charge in [0, 0.05) is 23.6 Å². The lowest BCUT2D eigenvalue weighted by Gasteiger charge is -2.26. The molecule has 11 heteroatoms. The monoisotopic (exact) mass is 404 g/mol. The number of hydrogen-bond donors (Lipinski definition) is 4. The molecule has 0 saturated carbocycles. The maximum Gasteiger partial charge on any atom is 0.394 e. The van der Waals surface area contributed by atoms with Crippen LogP contribution in [0.15, 0.2) is 38.0 Å². The van der Waals surface area contributed by atoms with E-state index >= 15 is 0 Å². The van der Waals surface area contributed by atoms with Gasteiger partial charge in [-0.2, -0.15) is 0 Å². The highest BCUT2D eigenvalue weighted by molar-refractivity contribution is 5.90. The SMILES string of the molecule is C=CC(=O)OCC(OC(=O)C=C)(OC(=O)C=C)C(=O)O.CC(CO)(CO)CO. The summed E-state index contributed by atoms with van der Waals surface area (Å²) < 4.78 is 13.4. The zero-order valence-electron chi connectivity index (χ0n) is 15.3. The van der Waals surface area contributed by atoms with Gasteiger partial charge in [0.1, 0.15) is 0 Å². The lowest BCUT2D eigenvalue weighted by molar-refractivity contribution is -0.243. The third kappa shape index (κ3) is 9.62. The van der Waals surface area contributed by atoms with Gasteiger partial charge >= 0.3 is 29.7 Å². The van der Waals surface area contributed by atoms with Gasteiger partial charge < -0.3 is 34.6 Å². The van der Waals surface area contributed by atoms with E-state index in [4.69, 9.17) is 20.4 Å². The number of hydrogen-bond acceptors (Lipinski definition) is 10. The summed E-state index contributed by atoms with van der Waals surface area (Å²) in [5.74, 6) is -8.09. The fraction of sp³-hybridized carbons (Fsp3) is 0.412. The van der Waals surface area contributed by atoms with Crippen molar-refractivity contribution in [3.05, 3.63) is 38.0 Å². The second-order valence-electron chi connectivity index (χ2n) is 5.41. The van der Waals surface area contributed by atoms with Gasteiger partial charge in [-0.25, -0.2) is 19.2 Å². The number of aliphatic hydroxyl groups is 3. The Morgan fingerprint density at radius 2 is 1.18 bits per heavy atom. The maximum absolute atomic E-state index is 11.2. The number of carboxylic acids is 1. The Balaban J connectivity index is 0. The molecule has 28 heavy (non-hydrogen) atoms. The van der Waals surface area contributed by atoms with Crippen molar-refractivity contribution < 1.29 is 53.8 Å². The third-order valence-electron chi connectivity index (χ3n) is 2.91. The van der Waals surface area contributed by atoms with Crippen molar-refractivity contribution in [2.24, 2.45) is 5.41 Å².